The maximum Gasteiger partial charge on any atom is 0.243 e. The van der Waals surface area contributed by atoms with Crippen LogP contribution in [0, 0.1) is 11.7 Å². The molecular weight excluding hydrogens is 279 g/mol. The summed E-state index contributed by atoms with van der Waals surface area (Å²) in [5.74, 6) is -0.422. The Balaban J connectivity index is 1.96. The monoisotopic (exact) mass is 300 g/mol. The summed E-state index contributed by atoms with van der Waals surface area (Å²) in [6.07, 6.45) is 0.970. The molecule has 1 aliphatic heterocycles. The van der Waals surface area contributed by atoms with Crippen molar-refractivity contribution < 1.29 is 12.8 Å². The second-order valence-electron chi connectivity index (χ2n) is 5.53. The van der Waals surface area contributed by atoms with Crippen molar-refractivity contribution in [2.45, 2.75) is 31.2 Å². The molecule has 1 unspecified atom stereocenters. The van der Waals surface area contributed by atoms with Crippen molar-refractivity contribution in [2.24, 2.45) is 5.92 Å². The van der Waals surface area contributed by atoms with Gasteiger partial charge in [0.1, 0.15) is 10.7 Å². The summed E-state index contributed by atoms with van der Waals surface area (Å²) >= 11 is 0. The maximum atomic E-state index is 13.5. The highest BCUT2D eigenvalue weighted by Gasteiger charge is 2.26. The van der Waals surface area contributed by atoms with Crippen molar-refractivity contribution in [3.05, 3.63) is 30.1 Å². The van der Waals surface area contributed by atoms with Gasteiger partial charge in [-0.3, -0.25) is 0 Å². The third-order valence-corrected chi connectivity index (χ3v) is 5.19. The third-order valence-electron chi connectivity index (χ3n) is 3.74. The number of likely N-dealkylation sites (tertiary alicyclic amines) is 1. The minimum atomic E-state index is -3.76. The summed E-state index contributed by atoms with van der Waals surface area (Å²) < 4.78 is 40.2. The number of benzene rings is 1. The molecule has 112 valence electrons. The quantitative estimate of drug-likeness (QED) is 0.902. The maximum absolute atomic E-state index is 13.5. The topological polar surface area (TPSA) is 49.4 Å². The molecule has 1 aromatic rings. The standard InChI is InChI=1S/C14H21FN2O2S/c1-11(2)17-8-7-12(10-17)9-16-20(18,19)14-6-4-3-5-13(14)15/h3-6,11-12,16H,7-10H2,1-2H3. The van der Waals surface area contributed by atoms with E-state index in [0.29, 0.717) is 18.5 Å². The van der Waals surface area contributed by atoms with Crippen LogP contribution in [-0.4, -0.2) is 39.0 Å². The number of rotatable bonds is 5. The first-order valence-corrected chi connectivity index (χ1v) is 8.36. The SMILES string of the molecule is CC(C)N1CCC(CNS(=O)(=O)c2ccccc2F)C1. The first-order valence-electron chi connectivity index (χ1n) is 6.88. The van der Waals surface area contributed by atoms with Gasteiger partial charge in [0.15, 0.2) is 0 Å². The number of halogens is 1. The predicted molar refractivity (Wildman–Crippen MR) is 76.4 cm³/mol. The van der Waals surface area contributed by atoms with Crippen molar-refractivity contribution in [2.75, 3.05) is 19.6 Å². The van der Waals surface area contributed by atoms with Gasteiger partial charge in [-0.25, -0.2) is 17.5 Å². The van der Waals surface area contributed by atoms with Crippen molar-refractivity contribution in [3.8, 4) is 0 Å². The zero-order valence-corrected chi connectivity index (χ0v) is 12.7. The molecule has 0 aliphatic carbocycles. The Hall–Kier alpha value is -0.980. The summed E-state index contributed by atoms with van der Waals surface area (Å²) in [6.45, 7) is 6.50. The van der Waals surface area contributed by atoms with Crippen LogP contribution in [0.1, 0.15) is 20.3 Å². The van der Waals surface area contributed by atoms with Crippen molar-refractivity contribution in [1.29, 1.82) is 0 Å². The highest BCUT2D eigenvalue weighted by Crippen LogP contribution is 2.19. The number of nitrogens with one attached hydrogen (secondary N) is 1. The Morgan fingerprint density at radius 3 is 2.70 bits per heavy atom. The summed E-state index contributed by atoms with van der Waals surface area (Å²) in [7, 11) is -3.76. The summed E-state index contributed by atoms with van der Waals surface area (Å²) in [4.78, 5) is 2.04. The fourth-order valence-corrected chi connectivity index (χ4v) is 3.66. The third kappa shape index (κ3) is 3.56. The van der Waals surface area contributed by atoms with Crippen LogP contribution >= 0.6 is 0 Å². The fraction of sp³-hybridized carbons (Fsp3) is 0.571. The molecule has 1 fully saturated rings. The lowest BCUT2D eigenvalue weighted by molar-refractivity contribution is 0.265. The van der Waals surface area contributed by atoms with Crippen molar-refractivity contribution in [1.82, 2.24) is 9.62 Å². The van der Waals surface area contributed by atoms with Gasteiger partial charge in [-0.05, 0) is 44.9 Å². The smallest absolute Gasteiger partial charge is 0.243 e. The molecule has 0 bridgehead atoms. The Labute approximate surface area is 120 Å². The molecule has 1 aromatic carbocycles. The van der Waals surface area contributed by atoms with Gasteiger partial charge in [0.2, 0.25) is 10.0 Å². The van der Waals surface area contributed by atoms with Crippen LogP contribution in [0.4, 0.5) is 4.39 Å². The van der Waals surface area contributed by atoms with E-state index in [1.165, 1.54) is 18.2 Å². The van der Waals surface area contributed by atoms with Gasteiger partial charge in [0.05, 0.1) is 0 Å². The van der Waals surface area contributed by atoms with Crippen LogP contribution in [-0.2, 0) is 10.0 Å². The molecule has 1 saturated heterocycles. The van der Waals surface area contributed by atoms with E-state index in [4.69, 9.17) is 0 Å². The van der Waals surface area contributed by atoms with Crippen LogP contribution in [0.2, 0.25) is 0 Å². The second kappa shape index (κ2) is 6.20. The van der Waals surface area contributed by atoms with Gasteiger partial charge in [0.25, 0.3) is 0 Å². The van der Waals surface area contributed by atoms with Crippen LogP contribution in [0.15, 0.2) is 29.2 Å². The van der Waals surface area contributed by atoms with Crippen LogP contribution < -0.4 is 4.72 Å². The van der Waals surface area contributed by atoms with Crippen LogP contribution in [0.25, 0.3) is 0 Å². The fourth-order valence-electron chi connectivity index (χ4n) is 2.47. The average Bonchev–Trinajstić information content (AvgIpc) is 2.86. The average molecular weight is 300 g/mol. The number of sulfonamides is 1. The number of nitrogens with zero attached hydrogens (tertiary/aromatic N) is 1. The van der Waals surface area contributed by atoms with Gasteiger partial charge in [-0.15, -0.1) is 0 Å². The van der Waals surface area contributed by atoms with Crippen LogP contribution in [0.3, 0.4) is 0 Å². The molecule has 6 heteroatoms. The minimum Gasteiger partial charge on any atom is -0.301 e. The van der Waals surface area contributed by atoms with Gasteiger partial charge in [-0.2, -0.15) is 0 Å². The lowest BCUT2D eigenvalue weighted by Crippen LogP contribution is -2.33. The molecule has 0 radical (unpaired) electrons. The van der Waals surface area contributed by atoms with E-state index in [-0.39, 0.29) is 4.90 Å². The number of hydrogen-bond donors (Lipinski definition) is 1. The molecule has 2 rings (SSSR count). The van der Waals surface area contributed by atoms with E-state index in [1.807, 2.05) is 0 Å². The molecule has 1 atom stereocenters. The Morgan fingerprint density at radius 2 is 2.10 bits per heavy atom. The highest BCUT2D eigenvalue weighted by molar-refractivity contribution is 7.89. The molecule has 1 aliphatic rings. The summed E-state index contributed by atoms with van der Waals surface area (Å²) in [5, 5.41) is 0. The van der Waals surface area contributed by atoms with Gasteiger partial charge < -0.3 is 4.90 Å². The van der Waals surface area contributed by atoms with E-state index < -0.39 is 15.8 Å². The lowest BCUT2D eigenvalue weighted by atomic mass is 10.1. The molecule has 1 N–H and O–H groups in total. The van der Waals surface area contributed by atoms with Gasteiger partial charge in [0, 0.05) is 19.1 Å². The number of hydrogen-bond acceptors (Lipinski definition) is 3. The largest absolute Gasteiger partial charge is 0.301 e. The first-order chi connectivity index (χ1) is 9.40. The molecule has 20 heavy (non-hydrogen) atoms. The molecule has 0 amide bonds. The molecular formula is C14H21FN2O2S. The molecule has 0 saturated carbocycles. The van der Waals surface area contributed by atoms with E-state index in [0.717, 1.165) is 25.6 Å². The molecule has 4 nitrogen and oxygen atoms in total. The van der Waals surface area contributed by atoms with E-state index in [2.05, 4.69) is 23.5 Å². The molecule has 1 heterocycles. The van der Waals surface area contributed by atoms with Gasteiger partial charge >= 0.3 is 0 Å². The van der Waals surface area contributed by atoms with E-state index in [9.17, 15) is 12.8 Å². The summed E-state index contributed by atoms with van der Waals surface area (Å²) in [5.41, 5.74) is 0. The summed E-state index contributed by atoms with van der Waals surface area (Å²) in [6, 6.07) is 5.92. The Kier molecular flexibility index (Phi) is 4.78. The van der Waals surface area contributed by atoms with Crippen molar-refractivity contribution >= 4 is 10.0 Å². The predicted octanol–water partition coefficient (Wildman–Crippen LogP) is 1.83. The Bertz CT molecular complexity index is 560. The zero-order chi connectivity index (χ0) is 14.8. The highest BCUT2D eigenvalue weighted by atomic mass is 32.2. The van der Waals surface area contributed by atoms with Crippen LogP contribution in [0.5, 0.6) is 0 Å². The zero-order valence-electron chi connectivity index (χ0n) is 11.8. The first kappa shape index (κ1) is 15.4. The minimum absolute atomic E-state index is 0.279. The van der Waals surface area contributed by atoms with Crippen molar-refractivity contribution in [3.63, 3.8) is 0 Å². The van der Waals surface area contributed by atoms with Gasteiger partial charge in [-0.1, -0.05) is 12.1 Å². The van der Waals surface area contributed by atoms with E-state index >= 15 is 0 Å². The van der Waals surface area contributed by atoms with E-state index in [1.54, 1.807) is 0 Å². The second-order valence-corrected chi connectivity index (χ2v) is 7.26. The lowest BCUT2D eigenvalue weighted by Gasteiger charge is -2.20. The Morgan fingerprint density at radius 1 is 1.40 bits per heavy atom. The normalized spacial score (nSPS) is 20.7. The molecule has 0 aromatic heterocycles. The molecule has 0 spiro atoms.